The van der Waals surface area contributed by atoms with Crippen molar-refractivity contribution in [2.75, 3.05) is 37.7 Å². The van der Waals surface area contributed by atoms with Crippen LogP contribution in [0.3, 0.4) is 0 Å². The van der Waals surface area contributed by atoms with Gasteiger partial charge >= 0.3 is 6.01 Å². The van der Waals surface area contributed by atoms with Gasteiger partial charge in [0.1, 0.15) is 35.6 Å². The molecule has 3 aliphatic heterocycles. The molecule has 212 valence electrons. The Labute approximate surface area is 233 Å². The topological polar surface area (TPSA) is 74.6 Å². The van der Waals surface area contributed by atoms with Crippen molar-refractivity contribution in [2.24, 2.45) is 11.8 Å². The third-order valence-electron chi connectivity index (χ3n) is 9.69. The van der Waals surface area contributed by atoms with Gasteiger partial charge in [-0.3, -0.25) is 9.88 Å². The number of ether oxygens (including phenoxy) is 1. The van der Waals surface area contributed by atoms with Crippen molar-refractivity contribution >= 4 is 16.7 Å². The molecule has 0 amide bonds. The first-order valence-electron chi connectivity index (χ1n) is 14.8. The highest BCUT2D eigenvalue weighted by Crippen LogP contribution is 2.43. The van der Waals surface area contributed by atoms with E-state index in [2.05, 4.69) is 19.8 Å². The van der Waals surface area contributed by atoms with E-state index in [1.54, 1.807) is 18.3 Å². The Kier molecular flexibility index (Phi) is 6.33. The molecule has 3 aromatic rings. The minimum atomic E-state index is -0.857. The number of halogens is 2. The van der Waals surface area contributed by atoms with Crippen LogP contribution in [0.25, 0.3) is 22.2 Å². The third kappa shape index (κ3) is 4.37. The molecule has 5 heterocycles. The van der Waals surface area contributed by atoms with E-state index in [-0.39, 0.29) is 41.0 Å². The molecule has 4 fully saturated rings. The number of pyridine rings is 1. The Hall–Kier alpha value is -3.07. The Balaban J connectivity index is 1.32. The van der Waals surface area contributed by atoms with E-state index >= 15 is 4.39 Å². The van der Waals surface area contributed by atoms with Crippen molar-refractivity contribution < 1.29 is 18.6 Å². The summed E-state index contributed by atoms with van der Waals surface area (Å²) in [5.41, 5.74) is 1.41. The van der Waals surface area contributed by atoms with E-state index in [1.165, 1.54) is 19.3 Å². The highest BCUT2D eigenvalue weighted by Gasteiger charge is 2.49. The molecular weight excluding hydrogens is 512 g/mol. The van der Waals surface area contributed by atoms with Gasteiger partial charge in [-0.05, 0) is 74.1 Å². The zero-order chi connectivity index (χ0) is 27.6. The maximum atomic E-state index is 16.5. The summed E-state index contributed by atoms with van der Waals surface area (Å²) < 4.78 is 37.1. The van der Waals surface area contributed by atoms with Gasteiger partial charge in [0.2, 0.25) is 0 Å². The van der Waals surface area contributed by atoms with Crippen LogP contribution in [-0.2, 0) is 0 Å². The first-order valence-corrected chi connectivity index (χ1v) is 14.8. The lowest BCUT2D eigenvalue weighted by molar-refractivity contribution is 0.107. The fraction of sp³-hybridized carbons (Fsp3) is 0.581. The number of hydrogen-bond donors (Lipinski definition) is 1. The summed E-state index contributed by atoms with van der Waals surface area (Å²) in [7, 11) is 0. The van der Waals surface area contributed by atoms with Crippen LogP contribution in [-0.4, -0.2) is 69.5 Å². The van der Waals surface area contributed by atoms with E-state index in [0.717, 1.165) is 38.0 Å². The van der Waals surface area contributed by atoms with Gasteiger partial charge < -0.3 is 14.7 Å². The van der Waals surface area contributed by atoms with Crippen LogP contribution in [0.4, 0.5) is 14.6 Å². The third-order valence-corrected chi connectivity index (χ3v) is 9.69. The number of phenols is 1. The molecule has 4 aliphatic rings. The summed E-state index contributed by atoms with van der Waals surface area (Å²) in [6.45, 7) is 7.40. The largest absolute Gasteiger partial charge is 0.508 e. The predicted molar refractivity (Wildman–Crippen MR) is 150 cm³/mol. The molecule has 9 heteroatoms. The number of anilines is 1. The van der Waals surface area contributed by atoms with Crippen molar-refractivity contribution in [3.8, 4) is 23.0 Å². The summed E-state index contributed by atoms with van der Waals surface area (Å²) in [6.07, 6.45) is 6.80. The van der Waals surface area contributed by atoms with E-state index in [9.17, 15) is 9.50 Å². The van der Waals surface area contributed by atoms with Crippen molar-refractivity contribution in [3.05, 3.63) is 35.8 Å². The van der Waals surface area contributed by atoms with Crippen LogP contribution in [0.1, 0.15) is 63.9 Å². The highest BCUT2D eigenvalue weighted by molar-refractivity contribution is 5.92. The first-order chi connectivity index (χ1) is 19.3. The monoisotopic (exact) mass is 549 g/mol. The Morgan fingerprint density at radius 1 is 1.15 bits per heavy atom. The zero-order valence-electron chi connectivity index (χ0n) is 23.2. The van der Waals surface area contributed by atoms with Crippen molar-refractivity contribution in [1.29, 1.82) is 0 Å². The number of alkyl halides is 1. The van der Waals surface area contributed by atoms with Gasteiger partial charge in [0.05, 0.1) is 10.9 Å². The quantitative estimate of drug-likeness (QED) is 0.413. The Morgan fingerprint density at radius 3 is 2.73 bits per heavy atom. The second-order valence-corrected chi connectivity index (χ2v) is 12.8. The fourth-order valence-electron chi connectivity index (χ4n) is 7.80. The molecule has 1 N–H and O–H groups in total. The van der Waals surface area contributed by atoms with E-state index in [4.69, 9.17) is 9.72 Å². The van der Waals surface area contributed by atoms with Gasteiger partial charge in [0.15, 0.2) is 5.82 Å². The molecule has 0 radical (unpaired) electrons. The SMILES string of the molecule is CC(C)c1ccc(O)cc1-c1ncc2c(N3CC4CCC(C4)C3)nc(OC[C@@]34CCCN3C[C@H](F)C4)nc2c1F. The van der Waals surface area contributed by atoms with Crippen LogP contribution in [0, 0.1) is 17.7 Å². The first kappa shape index (κ1) is 25.9. The average molecular weight is 550 g/mol. The standard InChI is InChI=1S/C31H37F2N5O2/c1-18(2)23-7-6-22(39)11-24(23)27-26(33)28-25(13-34-27)29(37-14-19-4-5-20(10-19)15-37)36-30(35-28)40-17-31-8-3-9-38(31)16-21(32)12-31/h6-7,11,13,18-21,39H,3-5,8-10,12,14-17H2,1-2H3/t19?,20?,21-,31+/m1/s1. The number of phenolic OH excluding ortho intramolecular Hbond substituents is 1. The second-order valence-electron chi connectivity index (χ2n) is 12.8. The van der Waals surface area contributed by atoms with Crippen LogP contribution in [0.15, 0.2) is 24.4 Å². The molecule has 2 unspecified atom stereocenters. The number of fused-ring (bicyclic) bond motifs is 4. The molecule has 0 spiro atoms. The molecule has 2 bridgehead atoms. The van der Waals surface area contributed by atoms with Crippen LogP contribution in [0.2, 0.25) is 0 Å². The molecule has 7 rings (SSSR count). The lowest BCUT2D eigenvalue weighted by Gasteiger charge is -2.34. The lowest BCUT2D eigenvalue weighted by atomic mass is 9.94. The normalized spacial score (nSPS) is 28.1. The summed E-state index contributed by atoms with van der Waals surface area (Å²) in [5, 5.41) is 10.8. The molecule has 40 heavy (non-hydrogen) atoms. The Bertz CT molecular complexity index is 1440. The van der Waals surface area contributed by atoms with Crippen LogP contribution in [0.5, 0.6) is 11.8 Å². The van der Waals surface area contributed by atoms with Gasteiger partial charge in [0, 0.05) is 37.8 Å². The van der Waals surface area contributed by atoms with Crippen molar-refractivity contribution in [1.82, 2.24) is 19.9 Å². The molecule has 7 nitrogen and oxygen atoms in total. The second kappa shape index (κ2) is 9.79. The van der Waals surface area contributed by atoms with Crippen LogP contribution >= 0.6 is 0 Å². The van der Waals surface area contributed by atoms with Gasteiger partial charge in [-0.25, -0.2) is 8.78 Å². The summed E-state index contributed by atoms with van der Waals surface area (Å²) in [5.74, 6) is 1.48. The smallest absolute Gasteiger partial charge is 0.319 e. The highest BCUT2D eigenvalue weighted by atomic mass is 19.1. The molecular formula is C31H37F2N5O2. The number of nitrogens with zero attached hydrogens (tertiary/aromatic N) is 5. The number of aromatic hydroxyl groups is 1. The van der Waals surface area contributed by atoms with Crippen molar-refractivity contribution in [3.63, 3.8) is 0 Å². The van der Waals surface area contributed by atoms with Crippen LogP contribution < -0.4 is 9.64 Å². The molecule has 2 aromatic heterocycles. The van der Waals surface area contributed by atoms with E-state index in [0.29, 0.717) is 41.6 Å². The van der Waals surface area contributed by atoms with E-state index < -0.39 is 12.0 Å². The summed E-state index contributed by atoms with van der Waals surface area (Å²) in [6, 6.07) is 5.12. The maximum Gasteiger partial charge on any atom is 0.319 e. The fourth-order valence-corrected chi connectivity index (χ4v) is 7.80. The molecule has 3 saturated heterocycles. The minimum Gasteiger partial charge on any atom is -0.508 e. The molecule has 1 saturated carbocycles. The number of hydrogen-bond acceptors (Lipinski definition) is 7. The summed E-state index contributed by atoms with van der Waals surface area (Å²) in [4.78, 5) is 18.5. The van der Waals surface area contributed by atoms with Gasteiger partial charge in [-0.1, -0.05) is 19.9 Å². The van der Waals surface area contributed by atoms with Gasteiger partial charge in [-0.15, -0.1) is 0 Å². The number of rotatable bonds is 6. The average Bonchev–Trinajstić information content (AvgIpc) is 3.57. The molecule has 1 aromatic carbocycles. The van der Waals surface area contributed by atoms with Crippen molar-refractivity contribution in [2.45, 2.75) is 70.0 Å². The van der Waals surface area contributed by atoms with E-state index in [1.807, 2.05) is 19.9 Å². The Morgan fingerprint density at radius 2 is 1.95 bits per heavy atom. The lowest BCUT2D eigenvalue weighted by Crippen LogP contribution is -2.43. The molecule has 1 aliphatic carbocycles. The van der Waals surface area contributed by atoms with Gasteiger partial charge in [-0.2, -0.15) is 9.97 Å². The molecule has 4 atom stereocenters. The predicted octanol–water partition coefficient (Wildman–Crippen LogP) is 5.85. The summed E-state index contributed by atoms with van der Waals surface area (Å²) >= 11 is 0. The number of piperidine rings is 1. The number of benzene rings is 1. The minimum absolute atomic E-state index is 0.0555. The zero-order valence-corrected chi connectivity index (χ0v) is 23.2. The maximum absolute atomic E-state index is 16.5. The van der Waals surface area contributed by atoms with Gasteiger partial charge in [0.25, 0.3) is 0 Å². The number of aromatic nitrogens is 3.